The second kappa shape index (κ2) is 4.58. The van der Waals surface area contributed by atoms with Crippen molar-refractivity contribution in [3.63, 3.8) is 0 Å². The normalized spacial score (nSPS) is 11.7. The van der Waals surface area contributed by atoms with E-state index in [4.69, 9.17) is 5.26 Å². The van der Waals surface area contributed by atoms with E-state index >= 15 is 0 Å². The van der Waals surface area contributed by atoms with Gasteiger partial charge in [-0.15, -0.1) is 11.3 Å². The maximum absolute atomic E-state index is 11.6. The number of aliphatic hydroxyl groups is 1. The molecule has 14 heavy (non-hydrogen) atoms. The first kappa shape index (κ1) is 10.5. The van der Waals surface area contributed by atoms with Gasteiger partial charge in [0.1, 0.15) is 17.4 Å². The number of carbonyl (C=O) groups excluding carboxylic acids is 1. The van der Waals surface area contributed by atoms with Crippen LogP contribution in [0.25, 0.3) is 0 Å². The van der Waals surface area contributed by atoms with Gasteiger partial charge >= 0.3 is 0 Å². The molecule has 72 valence electrons. The van der Waals surface area contributed by atoms with Crippen LogP contribution in [0.2, 0.25) is 0 Å². The van der Waals surface area contributed by atoms with E-state index in [1.807, 2.05) is 0 Å². The van der Waals surface area contributed by atoms with Gasteiger partial charge in [0.05, 0.1) is 4.88 Å². The largest absolute Gasteiger partial charge is 0.511 e. The van der Waals surface area contributed by atoms with E-state index in [2.05, 4.69) is 0 Å². The summed E-state index contributed by atoms with van der Waals surface area (Å²) in [5.41, 5.74) is -0.157. The van der Waals surface area contributed by atoms with Gasteiger partial charge in [-0.2, -0.15) is 5.26 Å². The average Bonchev–Trinajstić information content (AvgIpc) is 2.71. The predicted molar refractivity (Wildman–Crippen MR) is 54.2 cm³/mol. The van der Waals surface area contributed by atoms with Gasteiger partial charge in [-0.1, -0.05) is 13.0 Å². The van der Waals surface area contributed by atoms with Crippen LogP contribution in [0, 0.1) is 11.3 Å². The molecule has 0 amide bonds. The fourth-order valence-electron chi connectivity index (χ4n) is 0.954. The molecule has 0 saturated heterocycles. The number of hydrogen-bond acceptors (Lipinski definition) is 4. The Labute approximate surface area is 85.9 Å². The van der Waals surface area contributed by atoms with Crippen molar-refractivity contribution in [3.05, 3.63) is 33.7 Å². The Morgan fingerprint density at radius 3 is 2.86 bits per heavy atom. The highest BCUT2D eigenvalue weighted by atomic mass is 32.1. The summed E-state index contributed by atoms with van der Waals surface area (Å²) in [7, 11) is 0. The molecule has 0 aliphatic rings. The van der Waals surface area contributed by atoms with E-state index in [0.717, 1.165) is 0 Å². The number of thiophene rings is 1. The number of nitriles is 1. The summed E-state index contributed by atoms with van der Waals surface area (Å²) >= 11 is 1.26. The van der Waals surface area contributed by atoms with Gasteiger partial charge in [-0.05, 0) is 11.4 Å². The lowest BCUT2D eigenvalue weighted by Crippen LogP contribution is -2.02. The molecule has 3 nitrogen and oxygen atoms in total. The third kappa shape index (κ3) is 2.01. The molecule has 0 saturated carbocycles. The van der Waals surface area contributed by atoms with Crippen molar-refractivity contribution < 1.29 is 9.90 Å². The van der Waals surface area contributed by atoms with Crippen LogP contribution in [-0.2, 0) is 0 Å². The second-order valence-electron chi connectivity index (χ2n) is 2.59. The molecule has 4 heteroatoms. The molecule has 0 atom stereocenters. The van der Waals surface area contributed by atoms with Crippen molar-refractivity contribution in [1.82, 2.24) is 0 Å². The minimum atomic E-state index is -0.401. The highest BCUT2D eigenvalue weighted by Gasteiger charge is 2.16. The lowest BCUT2D eigenvalue weighted by molar-refractivity contribution is 0.103. The van der Waals surface area contributed by atoms with Crippen LogP contribution >= 0.6 is 11.3 Å². The first-order chi connectivity index (χ1) is 6.70. The summed E-state index contributed by atoms with van der Waals surface area (Å²) in [5, 5.41) is 19.8. The van der Waals surface area contributed by atoms with Crippen molar-refractivity contribution in [2.24, 2.45) is 0 Å². The third-order valence-electron chi connectivity index (χ3n) is 1.71. The molecular formula is C10H9NO2S. The Morgan fingerprint density at radius 2 is 2.43 bits per heavy atom. The molecule has 1 aromatic heterocycles. The molecule has 1 N–H and O–H groups in total. The lowest BCUT2D eigenvalue weighted by Gasteiger charge is -1.98. The fourth-order valence-corrected chi connectivity index (χ4v) is 1.62. The van der Waals surface area contributed by atoms with Crippen LogP contribution in [0.1, 0.15) is 23.0 Å². The minimum absolute atomic E-state index is 0.147. The highest BCUT2D eigenvalue weighted by molar-refractivity contribution is 7.12. The molecule has 0 radical (unpaired) electrons. The van der Waals surface area contributed by atoms with Gasteiger partial charge in [-0.25, -0.2) is 0 Å². The summed E-state index contributed by atoms with van der Waals surface area (Å²) in [6.07, 6.45) is 0.292. The van der Waals surface area contributed by atoms with Gasteiger partial charge in [0.25, 0.3) is 0 Å². The Kier molecular flexibility index (Phi) is 3.43. The third-order valence-corrected chi connectivity index (χ3v) is 2.58. The molecular weight excluding hydrogens is 198 g/mol. The quantitative estimate of drug-likeness (QED) is 0.359. The molecule has 1 heterocycles. The minimum Gasteiger partial charge on any atom is -0.511 e. The van der Waals surface area contributed by atoms with Crippen molar-refractivity contribution in [3.8, 4) is 6.07 Å². The van der Waals surface area contributed by atoms with Gasteiger partial charge < -0.3 is 5.11 Å². The lowest BCUT2D eigenvalue weighted by atomic mass is 10.1. The molecule has 0 aliphatic heterocycles. The maximum atomic E-state index is 11.6. The van der Waals surface area contributed by atoms with Crippen molar-refractivity contribution >= 4 is 17.1 Å². The van der Waals surface area contributed by atoms with E-state index in [-0.39, 0.29) is 11.3 Å². The molecule has 0 aromatic carbocycles. The molecule has 1 rings (SSSR count). The topological polar surface area (TPSA) is 61.1 Å². The smallest absolute Gasteiger partial charge is 0.216 e. The SMILES string of the molecule is CC/C(O)=C(\C#N)C(=O)c1cccs1. The standard InChI is InChI=1S/C10H9NO2S/c1-2-8(12)7(6-11)10(13)9-4-3-5-14-9/h3-5,12H,2H2,1H3/b8-7-. The first-order valence-electron chi connectivity index (χ1n) is 4.11. The molecule has 0 fully saturated rings. The number of Topliss-reactive ketones (excluding diaryl/α,β-unsaturated/α-hetero) is 1. The molecule has 0 spiro atoms. The van der Waals surface area contributed by atoms with Gasteiger partial charge in [0.15, 0.2) is 0 Å². The van der Waals surface area contributed by atoms with E-state index < -0.39 is 5.78 Å². The van der Waals surface area contributed by atoms with Gasteiger partial charge in [-0.3, -0.25) is 4.79 Å². The number of rotatable bonds is 3. The molecule has 0 bridgehead atoms. The summed E-state index contributed by atoms with van der Waals surface area (Å²) < 4.78 is 0. The number of aliphatic hydroxyl groups excluding tert-OH is 1. The average molecular weight is 207 g/mol. The van der Waals surface area contributed by atoms with E-state index in [1.54, 1.807) is 30.5 Å². The van der Waals surface area contributed by atoms with E-state index in [1.165, 1.54) is 11.3 Å². The zero-order valence-electron chi connectivity index (χ0n) is 7.65. The maximum Gasteiger partial charge on any atom is 0.216 e. The van der Waals surface area contributed by atoms with Gasteiger partial charge in [0, 0.05) is 6.42 Å². The van der Waals surface area contributed by atoms with E-state index in [9.17, 15) is 9.90 Å². The van der Waals surface area contributed by atoms with Crippen LogP contribution in [0.3, 0.4) is 0 Å². The Balaban J connectivity index is 3.06. The predicted octanol–water partition coefficient (Wildman–Crippen LogP) is 2.68. The summed E-state index contributed by atoms with van der Waals surface area (Å²) in [6.45, 7) is 1.69. The first-order valence-corrected chi connectivity index (χ1v) is 4.99. The number of hydrogen-bond donors (Lipinski definition) is 1. The van der Waals surface area contributed by atoms with Gasteiger partial charge in [0.2, 0.25) is 5.78 Å². The van der Waals surface area contributed by atoms with Crippen molar-refractivity contribution in [2.45, 2.75) is 13.3 Å². The van der Waals surface area contributed by atoms with Crippen LogP contribution in [-0.4, -0.2) is 10.9 Å². The zero-order chi connectivity index (χ0) is 10.6. The Bertz CT molecular complexity index is 398. The number of nitrogens with zero attached hydrogens (tertiary/aromatic N) is 1. The van der Waals surface area contributed by atoms with Crippen molar-refractivity contribution in [1.29, 1.82) is 5.26 Å². The monoisotopic (exact) mass is 207 g/mol. The molecule has 0 unspecified atom stereocenters. The van der Waals surface area contributed by atoms with Crippen LogP contribution in [0.15, 0.2) is 28.8 Å². The van der Waals surface area contributed by atoms with E-state index in [0.29, 0.717) is 11.3 Å². The summed E-state index contributed by atoms with van der Waals surface area (Å²) in [5.74, 6) is -0.548. The number of ketones is 1. The van der Waals surface area contributed by atoms with Crippen molar-refractivity contribution in [2.75, 3.05) is 0 Å². The molecule has 1 aromatic rings. The molecule has 0 aliphatic carbocycles. The van der Waals surface area contributed by atoms with Crippen LogP contribution in [0.5, 0.6) is 0 Å². The Morgan fingerprint density at radius 1 is 1.71 bits per heavy atom. The highest BCUT2D eigenvalue weighted by Crippen LogP contribution is 2.16. The number of allylic oxidation sites excluding steroid dienone is 2. The summed E-state index contributed by atoms with van der Waals surface area (Å²) in [6, 6.07) is 5.09. The fraction of sp³-hybridized carbons (Fsp3) is 0.200. The number of carbonyl (C=O) groups is 1. The Hall–Kier alpha value is -1.60. The van der Waals surface area contributed by atoms with Crippen LogP contribution < -0.4 is 0 Å². The zero-order valence-corrected chi connectivity index (χ0v) is 8.47. The summed E-state index contributed by atoms with van der Waals surface area (Å²) in [4.78, 5) is 12.1. The second-order valence-corrected chi connectivity index (χ2v) is 3.54. The van der Waals surface area contributed by atoms with Crippen LogP contribution in [0.4, 0.5) is 0 Å².